The Bertz CT molecular complexity index is 785. The van der Waals surface area contributed by atoms with Gasteiger partial charge in [-0.3, -0.25) is 4.90 Å². The van der Waals surface area contributed by atoms with Crippen LogP contribution in [-0.2, 0) is 11.3 Å². The van der Waals surface area contributed by atoms with E-state index in [0.717, 1.165) is 25.8 Å². The lowest BCUT2D eigenvalue weighted by molar-refractivity contribution is 0.0487. The quantitative estimate of drug-likeness (QED) is 0.837. The van der Waals surface area contributed by atoms with E-state index in [-0.39, 0.29) is 11.9 Å². The Kier molecular flexibility index (Phi) is 6.28. The van der Waals surface area contributed by atoms with E-state index in [9.17, 15) is 9.18 Å². The minimum Gasteiger partial charge on any atom is -0.444 e. The number of halogens is 1. The van der Waals surface area contributed by atoms with Crippen molar-refractivity contribution in [2.45, 2.75) is 58.2 Å². The van der Waals surface area contributed by atoms with Crippen molar-refractivity contribution >= 4 is 6.09 Å². The van der Waals surface area contributed by atoms with E-state index in [1.54, 1.807) is 12.1 Å². The molecule has 1 fully saturated rings. The van der Waals surface area contributed by atoms with Crippen LogP contribution in [0.4, 0.5) is 9.18 Å². The predicted octanol–water partition coefficient (Wildman–Crippen LogP) is 3.75. The topological polar surface area (TPSA) is 80.5 Å². The van der Waals surface area contributed by atoms with Crippen molar-refractivity contribution in [3.63, 3.8) is 0 Å². The second kappa shape index (κ2) is 8.68. The van der Waals surface area contributed by atoms with Gasteiger partial charge in [0.2, 0.25) is 11.7 Å². The van der Waals surface area contributed by atoms with Crippen LogP contribution in [0.3, 0.4) is 0 Å². The smallest absolute Gasteiger partial charge is 0.407 e. The lowest BCUT2D eigenvalue weighted by Gasteiger charge is -2.34. The van der Waals surface area contributed by atoms with E-state index in [0.29, 0.717) is 30.4 Å². The number of nitrogens with one attached hydrogen (secondary N) is 1. The van der Waals surface area contributed by atoms with E-state index in [1.165, 1.54) is 12.1 Å². The lowest BCUT2D eigenvalue weighted by Crippen LogP contribution is -2.47. The summed E-state index contributed by atoms with van der Waals surface area (Å²) in [5.41, 5.74) is 0.190. The SMILES string of the molecule is CC(C)(C)OC(=O)NCC1CCCCN1Cc1nc(-c2ccc(F)cc2)no1. The third kappa shape index (κ3) is 5.76. The molecule has 1 N–H and O–H groups in total. The number of hydrogen-bond donors (Lipinski definition) is 1. The Morgan fingerprint density at radius 2 is 2.07 bits per heavy atom. The van der Waals surface area contributed by atoms with Gasteiger partial charge in [0.15, 0.2) is 0 Å². The summed E-state index contributed by atoms with van der Waals surface area (Å²) < 4.78 is 23.8. The molecule has 1 aromatic heterocycles. The molecular formula is C20H27FN4O3. The molecule has 2 heterocycles. The van der Waals surface area contributed by atoms with Crippen molar-refractivity contribution in [3.05, 3.63) is 36.0 Å². The molecule has 0 bridgehead atoms. The fraction of sp³-hybridized carbons (Fsp3) is 0.550. The maximum atomic E-state index is 13.1. The van der Waals surface area contributed by atoms with E-state index < -0.39 is 11.7 Å². The molecule has 8 heteroatoms. The van der Waals surface area contributed by atoms with Crippen molar-refractivity contribution in [2.75, 3.05) is 13.1 Å². The molecule has 2 aromatic rings. The van der Waals surface area contributed by atoms with Crippen LogP contribution in [0.15, 0.2) is 28.8 Å². The van der Waals surface area contributed by atoms with Crippen molar-refractivity contribution in [3.8, 4) is 11.4 Å². The van der Waals surface area contributed by atoms with Gasteiger partial charge in [-0.05, 0) is 64.4 Å². The molecule has 1 aromatic carbocycles. The summed E-state index contributed by atoms with van der Waals surface area (Å²) >= 11 is 0. The Labute approximate surface area is 164 Å². The van der Waals surface area contributed by atoms with Crippen molar-refractivity contribution < 1.29 is 18.4 Å². The second-order valence-corrected chi connectivity index (χ2v) is 8.02. The number of amides is 1. The highest BCUT2D eigenvalue weighted by atomic mass is 19.1. The van der Waals surface area contributed by atoms with Gasteiger partial charge in [0, 0.05) is 18.2 Å². The Balaban J connectivity index is 1.58. The van der Waals surface area contributed by atoms with E-state index in [1.807, 2.05) is 20.8 Å². The zero-order valence-corrected chi connectivity index (χ0v) is 16.6. The Hall–Kier alpha value is -2.48. The fourth-order valence-electron chi connectivity index (χ4n) is 3.22. The van der Waals surface area contributed by atoms with Gasteiger partial charge in [0.25, 0.3) is 0 Å². The first-order chi connectivity index (χ1) is 13.3. The first-order valence-electron chi connectivity index (χ1n) is 9.59. The van der Waals surface area contributed by atoms with Gasteiger partial charge < -0.3 is 14.6 Å². The third-order valence-electron chi connectivity index (χ3n) is 4.54. The number of hydrogen-bond acceptors (Lipinski definition) is 6. The van der Waals surface area contributed by atoms with Gasteiger partial charge in [-0.25, -0.2) is 9.18 Å². The Morgan fingerprint density at radius 3 is 2.79 bits per heavy atom. The predicted molar refractivity (Wildman–Crippen MR) is 102 cm³/mol. The standard InChI is InChI=1S/C20H27FN4O3/c1-20(2,3)27-19(26)22-12-16-6-4-5-11-25(16)13-17-23-18(24-28-17)14-7-9-15(21)10-8-14/h7-10,16H,4-6,11-13H2,1-3H3,(H,22,26). The first-order valence-corrected chi connectivity index (χ1v) is 9.59. The number of alkyl carbamates (subject to hydrolysis) is 1. The van der Waals surface area contributed by atoms with Crippen molar-refractivity contribution in [1.82, 2.24) is 20.4 Å². The summed E-state index contributed by atoms with van der Waals surface area (Å²) in [5, 5.41) is 6.85. The fourth-order valence-corrected chi connectivity index (χ4v) is 3.22. The molecular weight excluding hydrogens is 363 g/mol. The van der Waals surface area contributed by atoms with Crippen LogP contribution >= 0.6 is 0 Å². The Morgan fingerprint density at radius 1 is 1.32 bits per heavy atom. The number of rotatable bonds is 5. The van der Waals surface area contributed by atoms with Crippen molar-refractivity contribution in [2.24, 2.45) is 0 Å². The highest BCUT2D eigenvalue weighted by Gasteiger charge is 2.26. The van der Waals surface area contributed by atoms with Gasteiger partial charge in [0.1, 0.15) is 11.4 Å². The largest absolute Gasteiger partial charge is 0.444 e. The highest BCUT2D eigenvalue weighted by Crippen LogP contribution is 2.21. The minimum absolute atomic E-state index is 0.183. The summed E-state index contributed by atoms with van der Waals surface area (Å²) in [4.78, 5) is 18.6. The number of likely N-dealkylation sites (tertiary alicyclic amines) is 1. The molecule has 28 heavy (non-hydrogen) atoms. The van der Waals surface area contributed by atoms with Crippen LogP contribution in [0, 0.1) is 5.82 Å². The van der Waals surface area contributed by atoms with Crippen LogP contribution in [0.2, 0.25) is 0 Å². The third-order valence-corrected chi connectivity index (χ3v) is 4.54. The van der Waals surface area contributed by atoms with Crippen LogP contribution in [-0.4, -0.2) is 45.9 Å². The molecule has 0 spiro atoms. The first kappa shape index (κ1) is 20.3. The highest BCUT2D eigenvalue weighted by molar-refractivity contribution is 5.67. The maximum Gasteiger partial charge on any atom is 0.407 e. The lowest BCUT2D eigenvalue weighted by atomic mass is 10.0. The number of carbonyl (C=O) groups excluding carboxylic acids is 1. The normalized spacial score (nSPS) is 18.1. The average Bonchev–Trinajstić information content (AvgIpc) is 3.09. The van der Waals surface area contributed by atoms with Crippen LogP contribution < -0.4 is 5.32 Å². The molecule has 1 unspecified atom stereocenters. The van der Waals surface area contributed by atoms with Gasteiger partial charge in [-0.2, -0.15) is 4.98 Å². The van der Waals surface area contributed by atoms with Gasteiger partial charge >= 0.3 is 6.09 Å². The van der Waals surface area contributed by atoms with E-state index in [2.05, 4.69) is 20.4 Å². The molecule has 1 aliphatic rings. The summed E-state index contributed by atoms with van der Waals surface area (Å²) in [6.45, 7) is 7.44. The minimum atomic E-state index is -0.517. The summed E-state index contributed by atoms with van der Waals surface area (Å²) in [6, 6.07) is 6.17. The zero-order valence-electron chi connectivity index (χ0n) is 16.6. The molecule has 1 saturated heterocycles. The molecule has 152 valence electrons. The molecule has 0 aliphatic carbocycles. The van der Waals surface area contributed by atoms with Gasteiger partial charge in [-0.15, -0.1) is 0 Å². The van der Waals surface area contributed by atoms with Crippen LogP contribution in [0.25, 0.3) is 11.4 Å². The number of ether oxygens (including phenoxy) is 1. The second-order valence-electron chi connectivity index (χ2n) is 8.02. The summed E-state index contributed by atoms with van der Waals surface area (Å²) in [7, 11) is 0. The van der Waals surface area contributed by atoms with E-state index in [4.69, 9.17) is 9.26 Å². The molecule has 3 rings (SSSR count). The number of nitrogens with zero attached hydrogens (tertiary/aromatic N) is 3. The number of carbonyl (C=O) groups is 1. The van der Waals surface area contributed by atoms with Gasteiger partial charge in [-0.1, -0.05) is 11.6 Å². The number of aromatic nitrogens is 2. The molecule has 0 saturated carbocycles. The zero-order chi connectivity index (χ0) is 20.1. The number of piperidine rings is 1. The summed E-state index contributed by atoms with van der Waals surface area (Å²) in [5.74, 6) is 0.639. The average molecular weight is 390 g/mol. The van der Waals surface area contributed by atoms with Gasteiger partial charge in [0.05, 0.1) is 6.54 Å². The molecule has 1 amide bonds. The summed E-state index contributed by atoms with van der Waals surface area (Å²) in [6.07, 6.45) is 2.77. The molecule has 1 atom stereocenters. The van der Waals surface area contributed by atoms with E-state index >= 15 is 0 Å². The van der Waals surface area contributed by atoms with Crippen LogP contribution in [0.1, 0.15) is 45.9 Å². The monoisotopic (exact) mass is 390 g/mol. The maximum absolute atomic E-state index is 13.1. The molecule has 1 aliphatic heterocycles. The molecule has 7 nitrogen and oxygen atoms in total. The molecule has 0 radical (unpaired) electrons. The number of benzene rings is 1. The van der Waals surface area contributed by atoms with Crippen LogP contribution in [0.5, 0.6) is 0 Å². The van der Waals surface area contributed by atoms with Crippen molar-refractivity contribution in [1.29, 1.82) is 0 Å².